The predicted molar refractivity (Wildman–Crippen MR) is 98.0 cm³/mol. The number of nitrogens with one attached hydrogen (secondary N) is 2. The molecule has 0 aromatic heterocycles. The Bertz CT molecular complexity index is 591. The first kappa shape index (κ1) is 20.2. The van der Waals surface area contributed by atoms with Crippen molar-refractivity contribution in [3.05, 3.63) is 30.3 Å². The third-order valence-corrected chi connectivity index (χ3v) is 4.71. The van der Waals surface area contributed by atoms with Crippen LogP contribution in [0.5, 0.6) is 5.75 Å². The van der Waals surface area contributed by atoms with Crippen LogP contribution >= 0.6 is 0 Å². The summed E-state index contributed by atoms with van der Waals surface area (Å²) in [4.78, 5) is 4.13. The summed E-state index contributed by atoms with van der Waals surface area (Å²) in [6.45, 7) is 4.62. The van der Waals surface area contributed by atoms with Gasteiger partial charge >= 0.3 is 0 Å². The molecule has 0 spiro atoms. The van der Waals surface area contributed by atoms with E-state index >= 15 is 0 Å². The van der Waals surface area contributed by atoms with Gasteiger partial charge in [0.25, 0.3) is 0 Å². The Kier molecular flexibility index (Phi) is 9.18. The van der Waals surface area contributed by atoms with Crippen LogP contribution < -0.4 is 15.4 Å². The molecule has 24 heavy (non-hydrogen) atoms. The second-order valence-electron chi connectivity index (χ2n) is 5.20. The van der Waals surface area contributed by atoms with Crippen molar-refractivity contribution < 1.29 is 13.2 Å². The summed E-state index contributed by atoms with van der Waals surface area (Å²) in [6.07, 6.45) is 1.94. The number of sulfonamides is 1. The molecule has 0 unspecified atom stereocenters. The molecular weight excluding hydrogens is 328 g/mol. The molecule has 0 radical (unpaired) electrons. The van der Waals surface area contributed by atoms with E-state index in [2.05, 4.69) is 15.6 Å². The summed E-state index contributed by atoms with van der Waals surface area (Å²) >= 11 is 0. The molecule has 1 aromatic carbocycles. The van der Waals surface area contributed by atoms with Crippen molar-refractivity contribution in [2.45, 2.75) is 13.3 Å². The fraction of sp³-hybridized carbons (Fsp3) is 0.562. The molecule has 0 aliphatic heterocycles. The quantitative estimate of drug-likeness (QED) is 0.370. The lowest BCUT2D eigenvalue weighted by Gasteiger charge is -2.18. The van der Waals surface area contributed by atoms with Crippen molar-refractivity contribution in [3.63, 3.8) is 0 Å². The van der Waals surface area contributed by atoms with E-state index in [0.717, 1.165) is 5.75 Å². The number of hydrogen-bond acceptors (Lipinski definition) is 4. The molecule has 1 rings (SSSR count). The maximum absolute atomic E-state index is 11.5. The highest BCUT2D eigenvalue weighted by Crippen LogP contribution is 2.07. The highest BCUT2D eigenvalue weighted by molar-refractivity contribution is 7.88. The van der Waals surface area contributed by atoms with Crippen LogP contribution in [0.2, 0.25) is 0 Å². The molecule has 0 aliphatic carbocycles. The van der Waals surface area contributed by atoms with Gasteiger partial charge in [-0.25, -0.2) is 12.7 Å². The molecule has 136 valence electrons. The van der Waals surface area contributed by atoms with Gasteiger partial charge < -0.3 is 15.4 Å². The van der Waals surface area contributed by atoms with Crippen LogP contribution in [-0.2, 0) is 10.0 Å². The molecule has 8 heteroatoms. The second-order valence-corrected chi connectivity index (χ2v) is 7.18. The third-order valence-electron chi connectivity index (χ3n) is 3.33. The van der Waals surface area contributed by atoms with E-state index in [1.807, 2.05) is 37.3 Å². The number of ether oxygens (including phenoxy) is 1. The van der Waals surface area contributed by atoms with Gasteiger partial charge in [0, 0.05) is 26.7 Å². The molecule has 0 aliphatic rings. The van der Waals surface area contributed by atoms with Crippen LogP contribution in [0, 0.1) is 0 Å². The minimum absolute atomic E-state index is 0.489. The zero-order chi connectivity index (χ0) is 17.8. The van der Waals surface area contributed by atoms with Gasteiger partial charge in [-0.1, -0.05) is 25.1 Å². The molecule has 0 atom stereocenters. The number of hydrogen-bond donors (Lipinski definition) is 2. The molecule has 0 fully saturated rings. The number of aliphatic imine (C=N–C) groups is 1. The normalized spacial score (nSPS) is 12.2. The average Bonchev–Trinajstić information content (AvgIpc) is 2.56. The summed E-state index contributed by atoms with van der Waals surface area (Å²) in [6, 6.07) is 9.63. The minimum atomic E-state index is -3.12. The van der Waals surface area contributed by atoms with E-state index in [9.17, 15) is 8.42 Å². The molecule has 0 heterocycles. The SMILES string of the molecule is CCN(CCCNC(=NC)NCCOc1ccccc1)S(C)(=O)=O. The second kappa shape index (κ2) is 10.9. The van der Waals surface area contributed by atoms with Gasteiger partial charge in [-0.05, 0) is 18.6 Å². The van der Waals surface area contributed by atoms with Gasteiger partial charge in [-0.3, -0.25) is 4.99 Å². The van der Waals surface area contributed by atoms with E-state index in [4.69, 9.17) is 4.74 Å². The van der Waals surface area contributed by atoms with Gasteiger partial charge in [0.15, 0.2) is 5.96 Å². The van der Waals surface area contributed by atoms with Gasteiger partial charge in [-0.15, -0.1) is 0 Å². The number of nitrogens with zero attached hydrogens (tertiary/aromatic N) is 2. The van der Waals surface area contributed by atoms with E-state index in [1.165, 1.54) is 10.6 Å². The molecule has 7 nitrogen and oxygen atoms in total. The smallest absolute Gasteiger partial charge is 0.211 e. The largest absolute Gasteiger partial charge is 0.492 e. The van der Waals surface area contributed by atoms with Crippen molar-refractivity contribution in [1.29, 1.82) is 0 Å². The molecule has 0 bridgehead atoms. The van der Waals surface area contributed by atoms with Gasteiger partial charge in [0.1, 0.15) is 12.4 Å². The molecule has 0 saturated heterocycles. The molecular formula is C16H28N4O3S. The molecule has 0 saturated carbocycles. The Hall–Kier alpha value is -1.80. The maximum Gasteiger partial charge on any atom is 0.211 e. The van der Waals surface area contributed by atoms with Gasteiger partial charge in [0.2, 0.25) is 10.0 Å². The van der Waals surface area contributed by atoms with Crippen molar-refractivity contribution in [2.24, 2.45) is 4.99 Å². The van der Waals surface area contributed by atoms with Crippen molar-refractivity contribution in [2.75, 3.05) is 46.1 Å². The first-order valence-corrected chi connectivity index (χ1v) is 9.89. The zero-order valence-corrected chi connectivity index (χ0v) is 15.5. The third kappa shape index (κ3) is 8.16. The van der Waals surface area contributed by atoms with Crippen molar-refractivity contribution >= 4 is 16.0 Å². The van der Waals surface area contributed by atoms with Crippen LogP contribution in [0.15, 0.2) is 35.3 Å². The highest BCUT2D eigenvalue weighted by atomic mass is 32.2. The highest BCUT2D eigenvalue weighted by Gasteiger charge is 2.13. The molecule has 2 N–H and O–H groups in total. The summed E-state index contributed by atoms with van der Waals surface area (Å²) < 4.78 is 30.0. The lowest BCUT2D eigenvalue weighted by Crippen LogP contribution is -2.40. The first-order chi connectivity index (χ1) is 11.5. The van der Waals surface area contributed by atoms with Crippen LogP contribution in [-0.4, -0.2) is 64.8 Å². The maximum atomic E-state index is 11.5. The van der Waals surface area contributed by atoms with Crippen LogP contribution in [0.3, 0.4) is 0 Å². The fourth-order valence-electron chi connectivity index (χ4n) is 2.10. The van der Waals surface area contributed by atoms with Crippen molar-refractivity contribution in [1.82, 2.24) is 14.9 Å². The summed E-state index contributed by atoms with van der Waals surface area (Å²) in [5, 5.41) is 6.31. The lowest BCUT2D eigenvalue weighted by atomic mass is 10.3. The van der Waals surface area contributed by atoms with Crippen molar-refractivity contribution in [3.8, 4) is 5.75 Å². The van der Waals surface area contributed by atoms with E-state index < -0.39 is 10.0 Å². The van der Waals surface area contributed by atoms with Crippen LogP contribution in [0.25, 0.3) is 0 Å². The van der Waals surface area contributed by atoms with Crippen LogP contribution in [0.1, 0.15) is 13.3 Å². The molecule has 1 aromatic rings. The lowest BCUT2D eigenvalue weighted by molar-refractivity contribution is 0.322. The predicted octanol–water partition coefficient (Wildman–Crippen LogP) is 0.902. The van der Waals surface area contributed by atoms with Gasteiger partial charge in [-0.2, -0.15) is 0 Å². The first-order valence-electron chi connectivity index (χ1n) is 8.05. The molecule has 0 amide bonds. The topological polar surface area (TPSA) is 83.0 Å². The minimum Gasteiger partial charge on any atom is -0.492 e. The summed E-state index contributed by atoms with van der Waals surface area (Å²) in [5.74, 6) is 1.51. The Morgan fingerprint density at radius 1 is 1.21 bits per heavy atom. The van der Waals surface area contributed by atoms with E-state index in [1.54, 1.807) is 7.05 Å². The van der Waals surface area contributed by atoms with E-state index in [0.29, 0.717) is 45.2 Å². The number of rotatable bonds is 10. The fourth-order valence-corrected chi connectivity index (χ4v) is 3.03. The summed E-state index contributed by atoms with van der Waals surface area (Å²) in [5.41, 5.74) is 0. The van der Waals surface area contributed by atoms with Gasteiger partial charge in [0.05, 0.1) is 12.8 Å². The number of benzene rings is 1. The Morgan fingerprint density at radius 2 is 1.88 bits per heavy atom. The van der Waals surface area contributed by atoms with Crippen LogP contribution in [0.4, 0.5) is 0 Å². The Morgan fingerprint density at radius 3 is 2.46 bits per heavy atom. The average molecular weight is 356 g/mol. The monoisotopic (exact) mass is 356 g/mol. The Balaban J connectivity index is 2.19. The Labute approximate surface area is 145 Å². The number of guanidine groups is 1. The van der Waals surface area contributed by atoms with E-state index in [-0.39, 0.29) is 0 Å². The summed E-state index contributed by atoms with van der Waals surface area (Å²) in [7, 11) is -1.43. The standard InChI is InChI=1S/C16H28N4O3S/c1-4-20(24(3,21)22)13-8-11-18-16(17-2)19-12-14-23-15-9-6-5-7-10-15/h5-7,9-10H,4,8,11-14H2,1-3H3,(H2,17,18,19). The number of para-hydroxylation sites is 1. The zero-order valence-electron chi connectivity index (χ0n) is 14.7.